The minimum atomic E-state index is -4.82. The molecule has 2 aliphatic rings. The number of hydrogen-bond donors (Lipinski definition) is 11. The number of aliphatic carboxylic acids is 1. The van der Waals surface area contributed by atoms with Crippen LogP contribution in [0.2, 0.25) is 0 Å². The zero-order valence-corrected chi connectivity index (χ0v) is 44.1. The van der Waals surface area contributed by atoms with Gasteiger partial charge in [-0.25, -0.2) is 9.78 Å². The van der Waals surface area contributed by atoms with Gasteiger partial charge in [0, 0.05) is 49.8 Å². The molecule has 7 amide bonds. The number of guanidine groups is 1. The maximum absolute atomic E-state index is 14.7. The van der Waals surface area contributed by atoms with Crippen molar-refractivity contribution in [3.05, 3.63) is 89.5 Å². The van der Waals surface area contributed by atoms with Crippen molar-refractivity contribution in [1.82, 2.24) is 52.1 Å². The molecule has 424 valence electrons. The summed E-state index contributed by atoms with van der Waals surface area (Å²) < 4.78 is 41.8. The van der Waals surface area contributed by atoms with Gasteiger partial charge in [0.1, 0.15) is 42.3 Å². The molecule has 0 bridgehead atoms. The Morgan fingerprint density at radius 2 is 1.41 bits per heavy atom. The monoisotopic (exact) mass is 1090 g/mol. The van der Waals surface area contributed by atoms with Crippen LogP contribution in [0.3, 0.4) is 0 Å². The number of carboxylic acids is 1. The smallest absolute Gasteiger partial charge is 0.442 e. The highest BCUT2D eigenvalue weighted by atomic mass is 19.4. The van der Waals surface area contributed by atoms with Crippen molar-refractivity contribution in [3.8, 4) is 0 Å². The number of aromatic nitrogens is 2. The van der Waals surface area contributed by atoms with Gasteiger partial charge in [0.2, 0.25) is 41.4 Å². The van der Waals surface area contributed by atoms with Crippen molar-refractivity contribution >= 4 is 53.3 Å². The van der Waals surface area contributed by atoms with Crippen LogP contribution in [0.4, 0.5) is 13.2 Å². The first kappa shape index (κ1) is 60.9. The van der Waals surface area contributed by atoms with Gasteiger partial charge in [-0.05, 0) is 55.7 Å². The topological polar surface area (TPSA) is 362 Å². The number of carbonyl (C=O) groups excluding carboxylic acids is 7. The van der Waals surface area contributed by atoms with Gasteiger partial charge < -0.3 is 63.7 Å². The molecule has 0 radical (unpaired) electrons. The summed E-state index contributed by atoms with van der Waals surface area (Å²) in [6, 6.07) is 4.39. The van der Waals surface area contributed by atoms with Gasteiger partial charge in [0.05, 0.1) is 12.9 Å². The lowest BCUT2D eigenvalue weighted by Crippen LogP contribution is -2.62. The first-order chi connectivity index (χ1) is 37.0. The number of hydrogen-bond acceptors (Lipinski definition) is 13. The number of nitrogens with two attached hydrogens (primary N) is 2. The second-order valence-electron chi connectivity index (χ2n) is 19.7. The third kappa shape index (κ3) is 16.8. The molecule has 8 atom stereocenters. The van der Waals surface area contributed by atoms with Crippen LogP contribution >= 0.6 is 0 Å². The van der Waals surface area contributed by atoms with E-state index in [1.165, 1.54) is 36.6 Å². The summed E-state index contributed by atoms with van der Waals surface area (Å²) in [6.45, 7) is 6.74. The Bertz CT molecular complexity index is 2610. The van der Waals surface area contributed by atoms with Crippen LogP contribution in [0, 0.1) is 11.8 Å². The second kappa shape index (κ2) is 27.9. The van der Waals surface area contributed by atoms with E-state index >= 15 is 0 Å². The predicted molar refractivity (Wildman–Crippen MR) is 277 cm³/mol. The molecule has 3 heterocycles. The number of carbonyl (C=O) groups is 8. The number of imidazole rings is 1. The molecule has 1 fully saturated rings. The highest BCUT2D eigenvalue weighted by Crippen LogP contribution is 2.52. The van der Waals surface area contributed by atoms with Crippen LogP contribution < -0.4 is 48.7 Å². The molecule has 3 aromatic rings. The Labute approximate surface area is 448 Å². The summed E-state index contributed by atoms with van der Waals surface area (Å²) in [5, 5.41) is 35.2. The zero-order valence-electron chi connectivity index (χ0n) is 44.1. The van der Waals surface area contributed by atoms with E-state index in [-0.39, 0.29) is 75.2 Å². The van der Waals surface area contributed by atoms with Crippen LogP contribution in [-0.4, -0.2) is 148 Å². The standard InChI is InChI=1S/C51H70F3N15O9/c1-6-29(4)41(46(75)63-36(24-33-25-58-27-60-33)47(76)69-21-11-15-38(69)44(73)64-37(48(77)78)23-30-12-8-7-9-13-30)66-43(72)35(22-31-16-18-32(19-17-31)50(67-68-50)51(52,53)54)62-45(74)40(28(2)3)65-42(71)34(61-39(70)26-57-5)14-10-20-59-49(55)56/h7-9,12-13,16-19,25,27-29,34-38,40-41,57H,6,10-11,14-15,20-24,26H2,1-5H3,(H,58,60)(H,61,70)(H,62,74)(H,63,75)(H,64,73)(H,65,71)(H,66,72)(H,77,78)(H4,55,56,59)/t29-,34-,35-,36-,37-,38-,40-,41-/m0/s1. The van der Waals surface area contributed by atoms with E-state index < -0.39 is 113 Å². The third-order valence-electron chi connectivity index (χ3n) is 13.4. The number of nitrogens with one attached hydrogen (secondary N) is 8. The average molecular weight is 1090 g/mol. The molecule has 0 saturated carbocycles. The van der Waals surface area contributed by atoms with Gasteiger partial charge in [-0.1, -0.05) is 88.7 Å². The third-order valence-corrected chi connectivity index (χ3v) is 13.4. The normalized spacial score (nSPS) is 17.2. The number of H-pyrrole nitrogens is 1. The van der Waals surface area contributed by atoms with Crippen LogP contribution in [0.1, 0.15) is 82.2 Å². The number of alkyl halides is 3. The van der Waals surface area contributed by atoms with Crippen molar-refractivity contribution in [2.45, 2.75) is 133 Å². The molecule has 78 heavy (non-hydrogen) atoms. The Kier molecular flexibility index (Phi) is 21.8. The molecule has 2 aromatic carbocycles. The van der Waals surface area contributed by atoms with E-state index in [4.69, 9.17) is 11.5 Å². The van der Waals surface area contributed by atoms with Gasteiger partial charge >= 0.3 is 17.8 Å². The molecule has 13 N–H and O–H groups in total. The number of rotatable bonds is 29. The fourth-order valence-corrected chi connectivity index (χ4v) is 8.84. The number of amides is 7. The number of aromatic amines is 1. The number of carboxylic acid groups (broad SMARTS) is 1. The second-order valence-corrected chi connectivity index (χ2v) is 19.7. The molecule has 0 unspecified atom stereocenters. The summed E-state index contributed by atoms with van der Waals surface area (Å²) in [5.41, 5.74) is 9.22. The van der Waals surface area contributed by atoms with Gasteiger partial charge in [0.25, 0.3) is 0 Å². The largest absolute Gasteiger partial charge is 0.480 e. The van der Waals surface area contributed by atoms with E-state index in [0.717, 1.165) is 12.1 Å². The molecular formula is C51H70F3N15O9. The van der Waals surface area contributed by atoms with Crippen LogP contribution in [0.15, 0.2) is 82.3 Å². The molecule has 1 saturated heterocycles. The molecule has 5 rings (SSSR count). The highest BCUT2D eigenvalue weighted by Gasteiger charge is 2.65. The fourth-order valence-electron chi connectivity index (χ4n) is 8.84. The van der Waals surface area contributed by atoms with E-state index in [2.05, 4.69) is 62.4 Å². The highest BCUT2D eigenvalue weighted by molar-refractivity contribution is 5.98. The number of halogens is 3. The number of aliphatic imine (C=N–C) groups is 1. The zero-order chi connectivity index (χ0) is 57.3. The lowest BCUT2D eigenvalue weighted by atomic mass is 9.95. The van der Waals surface area contributed by atoms with Gasteiger partial charge in [-0.2, -0.15) is 13.2 Å². The Balaban J connectivity index is 1.41. The lowest BCUT2D eigenvalue weighted by molar-refractivity contribution is -0.166. The minimum absolute atomic E-state index is 0.0202. The number of benzene rings is 2. The molecule has 27 heteroatoms. The van der Waals surface area contributed by atoms with Crippen molar-refractivity contribution in [2.24, 2.45) is 38.5 Å². The summed E-state index contributed by atoms with van der Waals surface area (Å²) in [6.07, 6.45) is -1.33. The Morgan fingerprint density at radius 3 is 1.99 bits per heavy atom. The summed E-state index contributed by atoms with van der Waals surface area (Å²) in [4.78, 5) is 123. The minimum Gasteiger partial charge on any atom is -0.480 e. The maximum Gasteiger partial charge on any atom is 0.442 e. The van der Waals surface area contributed by atoms with Crippen molar-refractivity contribution in [1.29, 1.82) is 0 Å². The van der Waals surface area contributed by atoms with E-state index in [1.54, 1.807) is 58.0 Å². The molecule has 0 spiro atoms. The summed E-state index contributed by atoms with van der Waals surface area (Å²) >= 11 is 0. The molecular weight excluding hydrogens is 1020 g/mol. The van der Waals surface area contributed by atoms with Crippen molar-refractivity contribution in [2.75, 3.05) is 26.7 Å². The number of likely N-dealkylation sites (N-methyl/N-ethyl adjacent to an activating group) is 1. The average Bonchev–Trinajstić information content (AvgIpc) is 3.99. The van der Waals surface area contributed by atoms with Crippen LogP contribution in [-0.2, 0) is 63.3 Å². The maximum atomic E-state index is 14.7. The molecule has 0 aliphatic carbocycles. The number of nitrogens with zero attached hydrogens (tertiary/aromatic N) is 5. The van der Waals surface area contributed by atoms with Crippen molar-refractivity contribution in [3.63, 3.8) is 0 Å². The summed E-state index contributed by atoms with van der Waals surface area (Å²) in [5.74, 6) is -7.97. The lowest BCUT2D eigenvalue weighted by Gasteiger charge is -2.32. The SMILES string of the molecule is CC[C@H](C)[C@H](NC(=O)[C@H](Cc1ccc(C2(C(F)(F)F)N=N2)cc1)NC(=O)[C@@H](NC(=O)[C@H](CCCN=C(N)N)NC(=O)CNC)C(C)C)C(=O)N[C@@H](Cc1cnc[nH]1)C(=O)N1CCC[C@H]1C(=O)N[C@@H](Cc1ccccc1)C(=O)O. The quantitative estimate of drug-likeness (QED) is 0.0258. The number of likely N-dealkylation sites (tertiary alicyclic amines) is 1. The van der Waals surface area contributed by atoms with E-state index in [0.29, 0.717) is 24.1 Å². The predicted octanol–water partition coefficient (Wildman–Crippen LogP) is 0.578. The first-order valence-corrected chi connectivity index (χ1v) is 25.6. The molecule has 1 aromatic heterocycles. The fraction of sp³-hybridized carbons (Fsp3) is 0.529. The van der Waals surface area contributed by atoms with Gasteiger partial charge in [-0.15, -0.1) is 10.2 Å². The van der Waals surface area contributed by atoms with Gasteiger partial charge in [-0.3, -0.25) is 38.6 Å². The molecule has 2 aliphatic heterocycles. The Morgan fingerprint density at radius 1 is 0.795 bits per heavy atom. The van der Waals surface area contributed by atoms with Crippen LogP contribution in [0.25, 0.3) is 0 Å². The van der Waals surface area contributed by atoms with Crippen LogP contribution in [0.5, 0.6) is 0 Å². The van der Waals surface area contributed by atoms with Gasteiger partial charge in [0.15, 0.2) is 5.96 Å². The van der Waals surface area contributed by atoms with Crippen molar-refractivity contribution < 1.29 is 56.6 Å². The molecule has 24 nitrogen and oxygen atoms in total. The van der Waals surface area contributed by atoms with E-state index in [1.807, 2.05) is 0 Å². The summed E-state index contributed by atoms with van der Waals surface area (Å²) in [7, 11) is 1.53. The Hall–Kier alpha value is -7.97. The van der Waals surface area contributed by atoms with E-state index in [9.17, 15) is 56.6 Å². The first-order valence-electron chi connectivity index (χ1n) is 25.6.